The van der Waals surface area contributed by atoms with Gasteiger partial charge in [-0.1, -0.05) is 22.0 Å². The van der Waals surface area contributed by atoms with Gasteiger partial charge in [0, 0.05) is 16.0 Å². The van der Waals surface area contributed by atoms with Crippen molar-refractivity contribution in [3.05, 3.63) is 33.8 Å². The number of hydrogen-bond donors (Lipinski definition) is 0. The predicted molar refractivity (Wildman–Crippen MR) is 53.9 cm³/mol. The third-order valence-corrected chi connectivity index (χ3v) is 3.72. The van der Waals surface area contributed by atoms with Crippen LogP contribution in [0.2, 0.25) is 0 Å². The van der Waals surface area contributed by atoms with Gasteiger partial charge < -0.3 is 0 Å². The molecule has 3 aliphatic carbocycles. The molecule has 0 spiro atoms. The van der Waals surface area contributed by atoms with Gasteiger partial charge in [0.15, 0.2) is 5.78 Å². The lowest BCUT2D eigenvalue weighted by molar-refractivity contribution is 0.0792. The molecule has 0 heterocycles. The van der Waals surface area contributed by atoms with Crippen LogP contribution in [0, 0.1) is 5.92 Å². The first kappa shape index (κ1) is 7.74. The summed E-state index contributed by atoms with van der Waals surface area (Å²) in [5.41, 5.74) is 2.23. The Hall–Kier alpha value is -0.630. The average molecular weight is 237 g/mol. The van der Waals surface area contributed by atoms with Gasteiger partial charge in [0.1, 0.15) is 0 Å². The highest BCUT2D eigenvalue weighted by Crippen LogP contribution is 2.49. The van der Waals surface area contributed by atoms with Crippen molar-refractivity contribution in [2.45, 2.75) is 18.8 Å². The van der Waals surface area contributed by atoms with Crippen LogP contribution in [0.25, 0.3) is 0 Å². The van der Waals surface area contributed by atoms with Gasteiger partial charge in [-0.05, 0) is 36.5 Å². The number of ketones is 1. The van der Waals surface area contributed by atoms with Gasteiger partial charge in [0.2, 0.25) is 0 Å². The van der Waals surface area contributed by atoms with E-state index in [1.54, 1.807) is 0 Å². The quantitative estimate of drug-likeness (QED) is 0.677. The standard InChI is InChI=1S/C11H9BrO/c12-8-1-2-9-6-3-7(4-6)11(13)10(9)5-8/h1-2,5-7H,3-4H2. The molecule has 0 radical (unpaired) electrons. The zero-order chi connectivity index (χ0) is 9.00. The summed E-state index contributed by atoms with van der Waals surface area (Å²) in [5, 5.41) is 0. The summed E-state index contributed by atoms with van der Waals surface area (Å²) in [7, 11) is 0. The lowest BCUT2D eigenvalue weighted by Crippen LogP contribution is -2.36. The Morgan fingerprint density at radius 2 is 2.00 bits per heavy atom. The SMILES string of the molecule is O=C1c2cc(Br)ccc2C2CC1C2. The second-order valence-corrected chi connectivity index (χ2v) is 4.88. The molecule has 0 N–H and O–H groups in total. The number of carbonyl (C=O) groups excluding carboxylic acids is 1. The van der Waals surface area contributed by atoms with Crippen LogP contribution in [0.3, 0.4) is 0 Å². The number of rotatable bonds is 0. The molecule has 13 heavy (non-hydrogen) atoms. The zero-order valence-corrected chi connectivity index (χ0v) is 8.67. The van der Waals surface area contributed by atoms with E-state index in [0.29, 0.717) is 17.6 Å². The third-order valence-electron chi connectivity index (χ3n) is 3.23. The average Bonchev–Trinajstić information content (AvgIpc) is 2.03. The monoisotopic (exact) mass is 236 g/mol. The highest BCUT2D eigenvalue weighted by molar-refractivity contribution is 9.10. The Balaban J connectivity index is 2.22. The Kier molecular flexibility index (Phi) is 1.46. The van der Waals surface area contributed by atoms with Crippen molar-refractivity contribution in [1.82, 2.24) is 0 Å². The van der Waals surface area contributed by atoms with Crippen molar-refractivity contribution in [2.24, 2.45) is 5.92 Å². The van der Waals surface area contributed by atoms with Gasteiger partial charge in [-0.25, -0.2) is 0 Å². The van der Waals surface area contributed by atoms with Crippen molar-refractivity contribution in [3.63, 3.8) is 0 Å². The molecule has 1 nitrogen and oxygen atoms in total. The molecule has 0 unspecified atom stereocenters. The zero-order valence-electron chi connectivity index (χ0n) is 7.09. The largest absolute Gasteiger partial charge is 0.294 e. The van der Waals surface area contributed by atoms with E-state index >= 15 is 0 Å². The fraction of sp³-hybridized carbons (Fsp3) is 0.364. The number of benzene rings is 1. The van der Waals surface area contributed by atoms with E-state index in [0.717, 1.165) is 22.9 Å². The van der Waals surface area contributed by atoms with E-state index in [1.165, 1.54) is 5.56 Å². The van der Waals surface area contributed by atoms with Crippen LogP contribution in [0.1, 0.15) is 34.7 Å². The van der Waals surface area contributed by atoms with Crippen LogP contribution < -0.4 is 0 Å². The second kappa shape index (κ2) is 2.44. The number of carbonyl (C=O) groups is 1. The van der Waals surface area contributed by atoms with Gasteiger partial charge in [-0.3, -0.25) is 4.79 Å². The first-order valence-electron chi connectivity index (χ1n) is 4.59. The Bertz CT molecular complexity index is 391. The molecule has 2 heteroatoms. The summed E-state index contributed by atoms with van der Waals surface area (Å²) >= 11 is 3.40. The molecule has 0 atom stereocenters. The first-order chi connectivity index (χ1) is 6.25. The maximum atomic E-state index is 11.8. The molecule has 0 aliphatic heterocycles. The molecule has 1 fully saturated rings. The van der Waals surface area contributed by atoms with E-state index in [-0.39, 0.29) is 0 Å². The van der Waals surface area contributed by atoms with Crippen LogP contribution in [0.4, 0.5) is 0 Å². The van der Waals surface area contributed by atoms with Gasteiger partial charge in [-0.15, -0.1) is 0 Å². The van der Waals surface area contributed by atoms with E-state index in [9.17, 15) is 4.79 Å². The maximum absolute atomic E-state index is 11.8. The lowest BCUT2D eigenvalue weighted by atomic mass is 9.62. The highest BCUT2D eigenvalue weighted by Gasteiger charge is 2.42. The fourth-order valence-corrected chi connectivity index (χ4v) is 2.76. The normalized spacial score (nSPS) is 29.5. The molecule has 0 amide bonds. The number of hydrogen-bond acceptors (Lipinski definition) is 1. The predicted octanol–water partition coefficient (Wildman–Crippen LogP) is 3.14. The van der Waals surface area contributed by atoms with Crippen molar-refractivity contribution >= 4 is 21.7 Å². The van der Waals surface area contributed by atoms with Crippen LogP contribution in [-0.2, 0) is 0 Å². The summed E-state index contributed by atoms with van der Waals surface area (Å²) in [6.45, 7) is 0. The van der Waals surface area contributed by atoms with E-state index in [2.05, 4.69) is 22.0 Å². The Labute approximate surface area is 85.3 Å². The van der Waals surface area contributed by atoms with Crippen molar-refractivity contribution in [2.75, 3.05) is 0 Å². The minimum atomic E-state index is 0.340. The van der Waals surface area contributed by atoms with E-state index < -0.39 is 0 Å². The Morgan fingerprint density at radius 1 is 1.23 bits per heavy atom. The maximum Gasteiger partial charge on any atom is 0.166 e. The molecule has 0 saturated heterocycles. The third kappa shape index (κ3) is 0.953. The van der Waals surface area contributed by atoms with Crippen LogP contribution >= 0.6 is 15.9 Å². The summed E-state index contributed by atoms with van der Waals surface area (Å²) in [6, 6.07) is 6.10. The summed E-state index contributed by atoms with van der Waals surface area (Å²) in [5.74, 6) is 1.37. The minimum absolute atomic E-state index is 0.340. The highest BCUT2D eigenvalue weighted by atomic mass is 79.9. The smallest absolute Gasteiger partial charge is 0.166 e. The van der Waals surface area contributed by atoms with Gasteiger partial charge in [-0.2, -0.15) is 0 Å². The van der Waals surface area contributed by atoms with E-state index in [1.807, 2.05) is 12.1 Å². The molecule has 1 saturated carbocycles. The summed E-state index contributed by atoms with van der Waals surface area (Å²) in [6.07, 6.45) is 2.18. The second-order valence-electron chi connectivity index (χ2n) is 3.96. The fourth-order valence-electron chi connectivity index (χ4n) is 2.40. The van der Waals surface area contributed by atoms with Crippen molar-refractivity contribution in [3.8, 4) is 0 Å². The molecule has 66 valence electrons. The molecular formula is C11H9BrO. The lowest BCUT2D eigenvalue weighted by Gasteiger charge is -2.41. The van der Waals surface area contributed by atoms with Gasteiger partial charge in [0.25, 0.3) is 0 Å². The van der Waals surface area contributed by atoms with Crippen molar-refractivity contribution in [1.29, 1.82) is 0 Å². The number of halogens is 1. The van der Waals surface area contributed by atoms with Crippen LogP contribution in [0.15, 0.2) is 22.7 Å². The molecule has 3 aliphatic rings. The molecule has 4 rings (SSSR count). The molecule has 1 aromatic rings. The first-order valence-corrected chi connectivity index (χ1v) is 5.38. The Morgan fingerprint density at radius 3 is 2.77 bits per heavy atom. The van der Waals surface area contributed by atoms with Crippen LogP contribution in [-0.4, -0.2) is 5.78 Å². The number of Topliss-reactive ketones (excluding diaryl/α,β-unsaturated/α-hetero) is 1. The minimum Gasteiger partial charge on any atom is -0.294 e. The molecule has 0 aromatic heterocycles. The van der Waals surface area contributed by atoms with Gasteiger partial charge in [0.05, 0.1) is 0 Å². The van der Waals surface area contributed by atoms with Crippen molar-refractivity contribution < 1.29 is 4.79 Å². The molecular weight excluding hydrogens is 228 g/mol. The summed E-state index contributed by atoms with van der Waals surface area (Å²) in [4.78, 5) is 11.8. The summed E-state index contributed by atoms with van der Waals surface area (Å²) < 4.78 is 1.01. The topological polar surface area (TPSA) is 17.1 Å². The molecule has 1 aromatic carbocycles. The molecule has 2 bridgehead atoms. The van der Waals surface area contributed by atoms with Crippen LogP contribution in [0.5, 0.6) is 0 Å². The van der Waals surface area contributed by atoms with E-state index in [4.69, 9.17) is 0 Å². The van der Waals surface area contributed by atoms with Gasteiger partial charge >= 0.3 is 0 Å².